The molecule has 5 nitrogen and oxygen atoms in total. The van der Waals surface area contributed by atoms with Gasteiger partial charge < -0.3 is 14.4 Å². The van der Waals surface area contributed by atoms with Crippen LogP contribution in [-0.2, 0) is 19.1 Å². The van der Waals surface area contributed by atoms with E-state index in [0.29, 0.717) is 13.0 Å². The molecule has 0 aromatic rings. The molecule has 5 heteroatoms. The van der Waals surface area contributed by atoms with Crippen molar-refractivity contribution in [2.75, 3.05) is 27.2 Å². The largest absolute Gasteiger partial charge is 0.462 e. The Balaban J connectivity index is 3.53. The highest BCUT2D eigenvalue weighted by atomic mass is 16.6. The van der Waals surface area contributed by atoms with Crippen molar-refractivity contribution in [2.24, 2.45) is 5.92 Å². The molecule has 0 radical (unpaired) electrons. The van der Waals surface area contributed by atoms with E-state index in [1.54, 1.807) is 6.92 Å². The van der Waals surface area contributed by atoms with E-state index in [0.717, 1.165) is 12.8 Å². The van der Waals surface area contributed by atoms with Crippen LogP contribution in [0, 0.1) is 5.92 Å². The zero-order valence-corrected chi connectivity index (χ0v) is 19.8. The smallest absolute Gasteiger partial charge is 0.310 e. The molecule has 172 valence electrons. The summed E-state index contributed by atoms with van der Waals surface area (Å²) in [5, 5.41) is 0. The molecule has 0 aromatic carbocycles. The molecule has 0 N–H and O–H groups in total. The van der Waals surface area contributed by atoms with Gasteiger partial charge in [0, 0.05) is 13.0 Å². The van der Waals surface area contributed by atoms with Crippen molar-refractivity contribution in [3.05, 3.63) is 0 Å². The van der Waals surface area contributed by atoms with Gasteiger partial charge >= 0.3 is 11.9 Å². The van der Waals surface area contributed by atoms with E-state index in [1.807, 2.05) is 25.9 Å². The highest BCUT2D eigenvalue weighted by Crippen LogP contribution is 2.13. The van der Waals surface area contributed by atoms with Gasteiger partial charge in [0.15, 0.2) is 0 Å². The van der Waals surface area contributed by atoms with Gasteiger partial charge in [-0.15, -0.1) is 0 Å². The first-order valence-electron chi connectivity index (χ1n) is 11.9. The van der Waals surface area contributed by atoms with Gasteiger partial charge in [-0.3, -0.25) is 9.59 Å². The summed E-state index contributed by atoms with van der Waals surface area (Å²) in [6.07, 6.45) is 15.4. The molecule has 0 spiro atoms. The maximum Gasteiger partial charge on any atom is 0.310 e. The molecule has 2 unspecified atom stereocenters. The first-order chi connectivity index (χ1) is 13.9. The van der Waals surface area contributed by atoms with Gasteiger partial charge in [0.25, 0.3) is 0 Å². The minimum Gasteiger partial charge on any atom is -0.462 e. The number of nitrogens with zero attached hydrogens (tertiary/aromatic N) is 1. The molecule has 0 aliphatic heterocycles. The molecule has 2 atom stereocenters. The molecular weight excluding hydrogens is 366 g/mol. The summed E-state index contributed by atoms with van der Waals surface area (Å²) in [5.74, 6) is -0.626. The third-order valence-corrected chi connectivity index (χ3v) is 5.07. The van der Waals surface area contributed by atoms with Crippen molar-refractivity contribution < 1.29 is 19.1 Å². The molecule has 0 aromatic heterocycles. The lowest BCUT2D eigenvalue weighted by atomic mass is 10.0. The summed E-state index contributed by atoms with van der Waals surface area (Å²) in [7, 11) is 3.84. The third kappa shape index (κ3) is 18.7. The van der Waals surface area contributed by atoms with Crippen molar-refractivity contribution in [1.29, 1.82) is 0 Å². The van der Waals surface area contributed by atoms with Crippen LogP contribution in [0.25, 0.3) is 0 Å². The van der Waals surface area contributed by atoms with Crippen LogP contribution < -0.4 is 0 Å². The lowest BCUT2D eigenvalue weighted by Crippen LogP contribution is -2.29. The van der Waals surface area contributed by atoms with Crippen LogP contribution in [0.4, 0.5) is 0 Å². The van der Waals surface area contributed by atoms with E-state index >= 15 is 0 Å². The molecule has 0 rings (SSSR count). The van der Waals surface area contributed by atoms with Gasteiger partial charge in [0.05, 0.1) is 5.92 Å². The fourth-order valence-corrected chi connectivity index (χ4v) is 3.39. The van der Waals surface area contributed by atoms with Crippen LogP contribution in [0.15, 0.2) is 0 Å². The van der Waals surface area contributed by atoms with Crippen LogP contribution >= 0.6 is 0 Å². The van der Waals surface area contributed by atoms with Gasteiger partial charge in [0.1, 0.15) is 12.7 Å². The molecule has 0 fully saturated rings. The number of carbonyl (C=O) groups excluding carboxylic acids is 2. The summed E-state index contributed by atoms with van der Waals surface area (Å²) in [6.45, 7) is 6.63. The average Bonchev–Trinajstić information content (AvgIpc) is 2.66. The number of unbranched alkanes of at least 4 members (excludes halogenated alkanes) is 11. The quantitative estimate of drug-likeness (QED) is 0.199. The number of hydrogen-bond donors (Lipinski definition) is 0. The third-order valence-electron chi connectivity index (χ3n) is 5.07. The minimum atomic E-state index is -0.393. The Morgan fingerprint density at radius 2 is 1.28 bits per heavy atom. The van der Waals surface area contributed by atoms with Crippen molar-refractivity contribution in [2.45, 2.75) is 110 Å². The molecule has 0 heterocycles. The van der Waals surface area contributed by atoms with Crippen LogP contribution in [-0.4, -0.2) is 50.2 Å². The summed E-state index contributed by atoms with van der Waals surface area (Å²) < 4.78 is 10.6. The second-order valence-corrected chi connectivity index (χ2v) is 8.73. The molecule has 0 bridgehead atoms. The number of hydrogen-bond acceptors (Lipinski definition) is 5. The normalized spacial score (nSPS) is 13.3. The van der Waals surface area contributed by atoms with E-state index in [2.05, 4.69) is 6.92 Å². The predicted molar refractivity (Wildman–Crippen MR) is 120 cm³/mol. The maximum atomic E-state index is 11.9. The van der Waals surface area contributed by atoms with Crippen LogP contribution in [0.1, 0.15) is 104 Å². The topological polar surface area (TPSA) is 55.8 Å². The number of carbonyl (C=O) groups is 2. The zero-order chi connectivity index (χ0) is 21.9. The Morgan fingerprint density at radius 1 is 0.793 bits per heavy atom. The molecule has 0 saturated carbocycles. The van der Waals surface area contributed by atoms with Gasteiger partial charge in [-0.25, -0.2) is 0 Å². The van der Waals surface area contributed by atoms with Gasteiger partial charge in [-0.05, 0) is 27.4 Å². The lowest BCUT2D eigenvalue weighted by Gasteiger charge is -2.18. The first kappa shape index (κ1) is 27.9. The molecule has 0 aliphatic carbocycles. The first-order valence-corrected chi connectivity index (χ1v) is 11.9. The van der Waals surface area contributed by atoms with E-state index in [4.69, 9.17) is 9.47 Å². The Hall–Kier alpha value is -1.10. The minimum absolute atomic E-state index is 0.126. The SMILES string of the molecule is CCCCCCCCCCCCCCC(=O)OC(C)COC(=O)C(C)CN(C)C. The van der Waals surface area contributed by atoms with Crippen molar-refractivity contribution in [3.8, 4) is 0 Å². The fraction of sp³-hybridized carbons (Fsp3) is 0.917. The molecular formula is C24H47NO4. The standard InChI is InChI=1S/C24H47NO4/c1-6-7-8-9-10-11-12-13-14-15-16-17-18-23(26)29-22(3)20-28-24(27)21(2)19-25(4)5/h21-22H,6-20H2,1-5H3. The highest BCUT2D eigenvalue weighted by Gasteiger charge is 2.17. The van der Waals surface area contributed by atoms with E-state index in [1.165, 1.54) is 64.2 Å². The van der Waals surface area contributed by atoms with Crippen LogP contribution in [0.5, 0.6) is 0 Å². The van der Waals surface area contributed by atoms with Gasteiger partial charge in [-0.1, -0.05) is 84.5 Å². The number of ether oxygens (including phenoxy) is 2. The Labute approximate surface area is 179 Å². The summed E-state index contributed by atoms with van der Waals surface area (Å²) >= 11 is 0. The molecule has 0 amide bonds. The summed E-state index contributed by atoms with van der Waals surface area (Å²) in [5.41, 5.74) is 0. The zero-order valence-electron chi connectivity index (χ0n) is 19.8. The van der Waals surface area contributed by atoms with Crippen molar-refractivity contribution >= 4 is 11.9 Å². The second kappa shape index (κ2) is 18.9. The molecule has 0 saturated heterocycles. The van der Waals surface area contributed by atoms with Gasteiger partial charge in [-0.2, -0.15) is 0 Å². The van der Waals surface area contributed by atoms with Crippen LogP contribution in [0.2, 0.25) is 0 Å². The number of esters is 2. The Bertz CT molecular complexity index is 412. The maximum absolute atomic E-state index is 11.9. The predicted octanol–water partition coefficient (Wildman–Crippen LogP) is 5.75. The Morgan fingerprint density at radius 3 is 1.76 bits per heavy atom. The second-order valence-electron chi connectivity index (χ2n) is 8.73. The lowest BCUT2D eigenvalue weighted by molar-refractivity contribution is -0.160. The van der Waals surface area contributed by atoms with Crippen molar-refractivity contribution in [1.82, 2.24) is 4.90 Å². The molecule has 29 heavy (non-hydrogen) atoms. The average molecular weight is 414 g/mol. The van der Waals surface area contributed by atoms with Gasteiger partial charge in [0.2, 0.25) is 0 Å². The monoisotopic (exact) mass is 413 g/mol. The highest BCUT2D eigenvalue weighted by molar-refractivity contribution is 5.72. The Kier molecular flexibility index (Phi) is 18.2. The summed E-state index contributed by atoms with van der Waals surface area (Å²) in [6, 6.07) is 0. The fourth-order valence-electron chi connectivity index (χ4n) is 3.39. The molecule has 0 aliphatic rings. The van der Waals surface area contributed by atoms with Crippen LogP contribution in [0.3, 0.4) is 0 Å². The van der Waals surface area contributed by atoms with E-state index in [9.17, 15) is 9.59 Å². The van der Waals surface area contributed by atoms with E-state index in [-0.39, 0.29) is 24.5 Å². The number of rotatable bonds is 19. The summed E-state index contributed by atoms with van der Waals surface area (Å²) in [4.78, 5) is 25.7. The van der Waals surface area contributed by atoms with Crippen molar-refractivity contribution in [3.63, 3.8) is 0 Å². The van der Waals surface area contributed by atoms with E-state index < -0.39 is 6.10 Å².